The molecule has 1 aromatic carbocycles. The van der Waals surface area contributed by atoms with Gasteiger partial charge in [0.05, 0.1) is 10.9 Å². The van der Waals surface area contributed by atoms with Crippen LogP contribution in [-0.4, -0.2) is 61.3 Å². The molecular formula is C29H30F4N6O2. The lowest BCUT2D eigenvalue weighted by Gasteiger charge is -2.44. The van der Waals surface area contributed by atoms with Gasteiger partial charge in [-0.15, -0.1) is 0 Å². The van der Waals surface area contributed by atoms with Gasteiger partial charge in [-0.1, -0.05) is 18.2 Å². The predicted octanol–water partition coefficient (Wildman–Crippen LogP) is 6.47. The SMILES string of the molecule is CC1CN(C(=O)OC(C)(C)C)[C@@H](C)CN1c1ncnc2c1c(-c1ccccc1F)cn2-c1cc(C(F)(F)F)ccn1. The van der Waals surface area contributed by atoms with Gasteiger partial charge in [0.1, 0.15) is 29.4 Å². The van der Waals surface area contributed by atoms with Gasteiger partial charge in [0.15, 0.2) is 5.65 Å². The molecule has 0 saturated carbocycles. The Kier molecular flexibility index (Phi) is 7.12. The fourth-order valence-electron chi connectivity index (χ4n) is 5.05. The molecule has 1 amide bonds. The molecule has 4 aromatic rings. The second-order valence-corrected chi connectivity index (χ2v) is 11.2. The Morgan fingerprint density at radius 1 is 0.976 bits per heavy atom. The van der Waals surface area contributed by atoms with Crippen molar-refractivity contribution in [1.29, 1.82) is 0 Å². The molecule has 216 valence electrons. The van der Waals surface area contributed by atoms with Crippen LogP contribution < -0.4 is 4.90 Å². The number of fused-ring (bicyclic) bond motifs is 1. The van der Waals surface area contributed by atoms with E-state index in [2.05, 4.69) is 15.0 Å². The van der Waals surface area contributed by atoms with Gasteiger partial charge in [0.2, 0.25) is 0 Å². The summed E-state index contributed by atoms with van der Waals surface area (Å²) in [5.74, 6) is -0.0510. The number of benzene rings is 1. The monoisotopic (exact) mass is 570 g/mol. The van der Waals surface area contributed by atoms with E-state index < -0.39 is 29.3 Å². The van der Waals surface area contributed by atoms with Crippen LogP contribution in [0.3, 0.4) is 0 Å². The van der Waals surface area contributed by atoms with Crippen LogP contribution in [0.4, 0.5) is 28.2 Å². The number of ether oxygens (including phenoxy) is 1. The fourth-order valence-corrected chi connectivity index (χ4v) is 5.05. The third-order valence-electron chi connectivity index (χ3n) is 6.93. The van der Waals surface area contributed by atoms with E-state index in [4.69, 9.17) is 4.74 Å². The minimum absolute atomic E-state index is 0.0202. The van der Waals surface area contributed by atoms with Crippen molar-refractivity contribution in [2.45, 2.75) is 58.5 Å². The van der Waals surface area contributed by atoms with Gasteiger partial charge in [0.25, 0.3) is 0 Å². The second-order valence-electron chi connectivity index (χ2n) is 11.2. The average molecular weight is 571 g/mol. The zero-order chi connectivity index (χ0) is 29.7. The van der Waals surface area contributed by atoms with Crippen LogP contribution in [0.1, 0.15) is 40.2 Å². The smallest absolute Gasteiger partial charge is 0.416 e. The molecule has 8 nitrogen and oxygen atoms in total. The van der Waals surface area contributed by atoms with Crippen molar-refractivity contribution in [3.05, 3.63) is 66.5 Å². The van der Waals surface area contributed by atoms with Crippen molar-refractivity contribution in [2.75, 3.05) is 18.0 Å². The van der Waals surface area contributed by atoms with Gasteiger partial charge < -0.3 is 14.5 Å². The average Bonchev–Trinajstić information content (AvgIpc) is 3.28. The van der Waals surface area contributed by atoms with E-state index in [9.17, 15) is 18.0 Å². The van der Waals surface area contributed by atoms with E-state index in [0.29, 0.717) is 29.9 Å². The molecule has 1 fully saturated rings. The van der Waals surface area contributed by atoms with Crippen molar-refractivity contribution in [3.8, 4) is 16.9 Å². The molecule has 3 aromatic heterocycles. The van der Waals surface area contributed by atoms with E-state index in [-0.39, 0.29) is 29.1 Å². The van der Waals surface area contributed by atoms with Crippen molar-refractivity contribution in [3.63, 3.8) is 0 Å². The van der Waals surface area contributed by atoms with Gasteiger partial charge in [-0.05, 0) is 52.8 Å². The number of rotatable bonds is 3. The number of hydrogen-bond acceptors (Lipinski definition) is 6. The maximum Gasteiger partial charge on any atom is 0.416 e. The predicted molar refractivity (Wildman–Crippen MR) is 146 cm³/mol. The van der Waals surface area contributed by atoms with Gasteiger partial charge in [-0.3, -0.25) is 4.57 Å². The third-order valence-corrected chi connectivity index (χ3v) is 6.93. The number of alkyl halides is 3. The summed E-state index contributed by atoms with van der Waals surface area (Å²) in [7, 11) is 0. The molecule has 0 radical (unpaired) electrons. The zero-order valence-electron chi connectivity index (χ0n) is 23.3. The van der Waals surface area contributed by atoms with Crippen LogP contribution in [-0.2, 0) is 10.9 Å². The van der Waals surface area contributed by atoms with Crippen molar-refractivity contribution >= 4 is 22.9 Å². The number of hydrogen-bond donors (Lipinski definition) is 0. The Morgan fingerprint density at radius 2 is 1.71 bits per heavy atom. The van der Waals surface area contributed by atoms with Crippen molar-refractivity contribution in [2.24, 2.45) is 0 Å². The second kappa shape index (κ2) is 10.3. The van der Waals surface area contributed by atoms with Crippen LogP contribution in [0, 0.1) is 5.82 Å². The summed E-state index contributed by atoms with van der Waals surface area (Å²) in [6.45, 7) is 9.98. The number of carbonyl (C=O) groups is 1. The molecule has 12 heteroatoms. The minimum atomic E-state index is -4.57. The zero-order valence-corrected chi connectivity index (χ0v) is 23.3. The van der Waals surface area contributed by atoms with E-state index in [1.54, 1.807) is 43.9 Å². The van der Waals surface area contributed by atoms with Crippen LogP contribution >= 0.6 is 0 Å². The molecule has 1 aliphatic rings. The number of pyridine rings is 1. The topological polar surface area (TPSA) is 76.4 Å². The molecule has 4 heterocycles. The normalized spacial score (nSPS) is 18.2. The highest BCUT2D eigenvalue weighted by molar-refractivity contribution is 6.02. The first kappa shape index (κ1) is 28.3. The first-order valence-corrected chi connectivity index (χ1v) is 13.2. The number of amides is 1. The largest absolute Gasteiger partial charge is 0.444 e. The highest BCUT2D eigenvalue weighted by Gasteiger charge is 2.37. The Bertz CT molecular complexity index is 1600. The Hall–Kier alpha value is -4.22. The molecule has 2 atom stereocenters. The maximum absolute atomic E-state index is 15.1. The molecular weight excluding hydrogens is 540 g/mol. The molecule has 41 heavy (non-hydrogen) atoms. The minimum Gasteiger partial charge on any atom is -0.444 e. The Labute approximate surface area is 234 Å². The van der Waals surface area contributed by atoms with E-state index in [0.717, 1.165) is 18.3 Å². The summed E-state index contributed by atoms with van der Waals surface area (Å²) in [5, 5.41) is 0.460. The van der Waals surface area contributed by atoms with Gasteiger partial charge in [0, 0.05) is 48.7 Å². The van der Waals surface area contributed by atoms with Crippen LogP contribution in [0.2, 0.25) is 0 Å². The van der Waals surface area contributed by atoms with E-state index in [1.807, 2.05) is 18.7 Å². The summed E-state index contributed by atoms with van der Waals surface area (Å²) < 4.78 is 62.7. The Balaban J connectivity index is 1.65. The van der Waals surface area contributed by atoms with Crippen LogP contribution in [0.5, 0.6) is 0 Å². The highest BCUT2D eigenvalue weighted by Crippen LogP contribution is 2.39. The maximum atomic E-state index is 15.1. The number of nitrogens with zero attached hydrogens (tertiary/aromatic N) is 6. The first-order chi connectivity index (χ1) is 19.2. The van der Waals surface area contributed by atoms with Crippen LogP contribution in [0.25, 0.3) is 28.0 Å². The summed E-state index contributed by atoms with van der Waals surface area (Å²) >= 11 is 0. The number of halogens is 4. The number of anilines is 1. The summed E-state index contributed by atoms with van der Waals surface area (Å²) in [5.41, 5.74) is -0.596. The lowest BCUT2D eigenvalue weighted by atomic mass is 10.0. The third kappa shape index (κ3) is 5.55. The van der Waals surface area contributed by atoms with E-state index in [1.165, 1.54) is 23.2 Å². The highest BCUT2D eigenvalue weighted by atomic mass is 19.4. The molecule has 1 unspecified atom stereocenters. The molecule has 1 saturated heterocycles. The number of carbonyl (C=O) groups excluding carboxylic acids is 1. The fraction of sp³-hybridized carbons (Fsp3) is 0.379. The number of aromatic nitrogens is 4. The lowest BCUT2D eigenvalue weighted by Crippen LogP contribution is -2.59. The molecule has 0 bridgehead atoms. The lowest BCUT2D eigenvalue weighted by molar-refractivity contribution is -0.137. The molecule has 0 N–H and O–H groups in total. The summed E-state index contributed by atoms with van der Waals surface area (Å²) in [4.78, 5) is 29.7. The van der Waals surface area contributed by atoms with Crippen molar-refractivity contribution < 1.29 is 27.1 Å². The summed E-state index contributed by atoms with van der Waals surface area (Å²) in [6, 6.07) is 7.49. The molecule has 0 spiro atoms. The molecule has 5 rings (SSSR count). The van der Waals surface area contributed by atoms with Crippen LogP contribution in [0.15, 0.2) is 55.1 Å². The number of piperazine rings is 1. The standard InChI is InChI=1S/C29H30F4N6O2/c1-17-14-38(27(40)41-28(3,4)5)18(2)13-37(17)25-24-21(20-8-6-7-9-22(20)30)15-39(26(24)36-16-35-25)23-12-19(10-11-34-23)29(31,32)33/h6-12,15-18H,13-14H2,1-5H3/t17?,18-/m0/s1. The van der Waals surface area contributed by atoms with Gasteiger partial charge in [-0.25, -0.2) is 24.1 Å². The molecule has 1 aliphatic heterocycles. The van der Waals surface area contributed by atoms with E-state index >= 15 is 4.39 Å². The first-order valence-electron chi connectivity index (χ1n) is 13.2. The van der Waals surface area contributed by atoms with Crippen molar-refractivity contribution in [1.82, 2.24) is 24.4 Å². The molecule has 0 aliphatic carbocycles. The quantitative estimate of drug-likeness (QED) is 0.263. The Morgan fingerprint density at radius 3 is 2.39 bits per heavy atom. The van der Waals surface area contributed by atoms with Gasteiger partial charge >= 0.3 is 12.3 Å². The van der Waals surface area contributed by atoms with Gasteiger partial charge in [-0.2, -0.15) is 13.2 Å². The summed E-state index contributed by atoms with van der Waals surface area (Å²) in [6.07, 6.45) is -1.05.